The van der Waals surface area contributed by atoms with Crippen LogP contribution in [-0.4, -0.2) is 20.1 Å². The number of aliphatic hydroxyl groups excluding tert-OH is 1. The molecule has 0 bridgehead atoms. The summed E-state index contributed by atoms with van der Waals surface area (Å²) in [5.74, 6) is 0.809. The van der Waals surface area contributed by atoms with Crippen LogP contribution in [0, 0.1) is 5.92 Å². The zero-order chi connectivity index (χ0) is 11.4. The van der Waals surface area contributed by atoms with Gasteiger partial charge >= 0.3 is 0 Å². The van der Waals surface area contributed by atoms with Gasteiger partial charge in [-0.3, -0.25) is 0 Å². The summed E-state index contributed by atoms with van der Waals surface area (Å²) in [5, 5.41) is 17.2. The topological polar surface area (TPSA) is 50.9 Å². The van der Waals surface area contributed by atoms with Gasteiger partial charge in [-0.1, -0.05) is 26.0 Å². The molecule has 1 aromatic heterocycles. The van der Waals surface area contributed by atoms with E-state index in [-0.39, 0.29) is 0 Å². The normalized spacial score (nSPS) is 26.2. The minimum atomic E-state index is -0.508. The SMILES string of the molecule is CC.CC1CC(n2cc([C@H](C)O)nn2)C1. The summed E-state index contributed by atoms with van der Waals surface area (Å²) in [6, 6.07) is 0.509. The molecule has 1 fully saturated rings. The van der Waals surface area contributed by atoms with Crippen LogP contribution in [0.2, 0.25) is 0 Å². The lowest BCUT2D eigenvalue weighted by atomic mass is 9.82. The maximum atomic E-state index is 9.25. The first-order chi connectivity index (χ1) is 7.16. The van der Waals surface area contributed by atoms with Gasteiger partial charge in [0.2, 0.25) is 0 Å². The highest BCUT2D eigenvalue weighted by molar-refractivity contribution is 4.97. The van der Waals surface area contributed by atoms with Crippen molar-refractivity contribution < 1.29 is 5.11 Å². The monoisotopic (exact) mass is 211 g/mol. The zero-order valence-corrected chi connectivity index (χ0v) is 10.0. The average molecular weight is 211 g/mol. The van der Waals surface area contributed by atoms with E-state index in [4.69, 9.17) is 0 Å². The second-order valence-electron chi connectivity index (χ2n) is 4.03. The average Bonchev–Trinajstić information content (AvgIpc) is 2.65. The second kappa shape index (κ2) is 5.26. The molecular formula is C11H21N3O. The Labute approximate surface area is 91.3 Å². The van der Waals surface area contributed by atoms with Gasteiger partial charge in [0.1, 0.15) is 5.69 Å². The highest BCUT2D eigenvalue weighted by Crippen LogP contribution is 2.36. The fourth-order valence-corrected chi connectivity index (χ4v) is 1.74. The molecule has 15 heavy (non-hydrogen) atoms. The fraction of sp³-hybridized carbons (Fsp3) is 0.818. The molecule has 0 unspecified atom stereocenters. The van der Waals surface area contributed by atoms with Gasteiger partial charge in [0.15, 0.2) is 0 Å². The van der Waals surface area contributed by atoms with Gasteiger partial charge in [0.25, 0.3) is 0 Å². The summed E-state index contributed by atoms with van der Waals surface area (Å²) in [5.41, 5.74) is 0.666. The summed E-state index contributed by atoms with van der Waals surface area (Å²) in [6.07, 6.45) is 3.71. The van der Waals surface area contributed by atoms with E-state index in [0.29, 0.717) is 11.7 Å². The minimum Gasteiger partial charge on any atom is -0.387 e. The number of hydrogen-bond donors (Lipinski definition) is 1. The summed E-state index contributed by atoms with van der Waals surface area (Å²) in [6.45, 7) is 7.95. The molecule has 1 saturated carbocycles. The molecule has 0 radical (unpaired) electrons. The van der Waals surface area contributed by atoms with Gasteiger partial charge in [0, 0.05) is 0 Å². The third kappa shape index (κ3) is 2.78. The molecule has 1 heterocycles. The largest absolute Gasteiger partial charge is 0.387 e. The molecule has 1 aliphatic rings. The van der Waals surface area contributed by atoms with Crippen LogP contribution in [0.3, 0.4) is 0 Å². The van der Waals surface area contributed by atoms with E-state index in [9.17, 15) is 5.11 Å². The van der Waals surface area contributed by atoms with E-state index < -0.39 is 6.10 Å². The molecule has 0 saturated heterocycles. The van der Waals surface area contributed by atoms with Crippen LogP contribution in [0.1, 0.15) is 58.4 Å². The number of hydrogen-bond acceptors (Lipinski definition) is 3. The minimum absolute atomic E-state index is 0.508. The van der Waals surface area contributed by atoms with Crippen molar-refractivity contribution in [2.45, 2.75) is 52.7 Å². The van der Waals surface area contributed by atoms with Gasteiger partial charge in [0.05, 0.1) is 18.3 Å². The van der Waals surface area contributed by atoms with Gasteiger partial charge < -0.3 is 5.11 Å². The molecule has 0 aliphatic heterocycles. The van der Waals surface area contributed by atoms with Crippen molar-refractivity contribution in [3.8, 4) is 0 Å². The first-order valence-electron chi connectivity index (χ1n) is 5.76. The Balaban J connectivity index is 0.000000531. The number of rotatable bonds is 2. The highest BCUT2D eigenvalue weighted by atomic mass is 16.3. The van der Waals surface area contributed by atoms with E-state index in [1.807, 2.05) is 24.7 Å². The van der Waals surface area contributed by atoms with E-state index >= 15 is 0 Å². The van der Waals surface area contributed by atoms with Crippen LogP contribution in [-0.2, 0) is 0 Å². The molecule has 0 spiro atoms. The van der Waals surface area contributed by atoms with Crippen molar-refractivity contribution in [2.24, 2.45) is 5.92 Å². The van der Waals surface area contributed by atoms with Crippen molar-refractivity contribution in [3.05, 3.63) is 11.9 Å². The molecule has 4 nitrogen and oxygen atoms in total. The molecule has 0 amide bonds. The molecule has 86 valence electrons. The Bertz CT molecular complexity index is 290. The van der Waals surface area contributed by atoms with E-state index in [1.54, 1.807) is 6.92 Å². The maximum Gasteiger partial charge on any atom is 0.111 e. The Hall–Kier alpha value is -0.900. The summed E-state index contributed by atoms with van der Waals surface area (Å²) in [7, 11) is 0. The van der Waals surface area contributed by atoms with Crippen LogP contribution in [0.4, 0.5) is 0 Å². The van der Waals surface area contributed by atoms with E-state index in [2.05, 4.69) is 17.2 Å². The fourth-order valence-electron chi connectivity index (χ4n) is 1.74. The van der Waals surface area contributed by atoms with Crippen molar-refractivity contribution in [1.82, 2.24) is 15.0 Å². The first-order valence-corrected chi connectivity index (χ1v) is 5.76. The first kappa shape index (κ1) is 12.2. The smallest absolute Gasteiger partial charge is 0.111 e. The van der Waals surface area contributed by atoms with Gasteiger partial charge in [-0.25, -0.2) is 4.68 Å². The summed E-state index contributed by atoms with van der Waals surface area (Å²) < 4.78 is 1.88. The van der Waals surface area contributed by atoms with Gasteiger partial charge in [-0.05, 0) is 25.7 Å². The van der Waals surface area contributed by atoms with Crippen LogP contribution >= 0.6 is 0 Å². The third-order valence-electron chi connectivity index (χ3n) is 2.68. The van der Waals surface area contributed by atoms with Crippen LogP contribution in [0.15, 0.2) is 6.20 Å². The van der Waals surface area contributed by atoms with Gasteiger partial charge in [-0.15, -0.1) is 5.10 Å². The molecule has 1 aromatic rings. The third-order valence-corrected chi connectivity index (χ3v) is 2.68. The number of nitrogens with zero attached hydrogens (tertiary/aromatic N) is 3. The molecule has 0 aromatic carbocycles. The maximum absolute atomic E-state index is 9.25. The predicted molar refractivity (Wildman–Crippen MR) is 59.4 cm³/mol. The summed E-state index contributed by atoms with van der Waals surface area (Å²) in [4.78, 5) is 0. The summed E-state index contributed by atoms with van der Waals surface area (Å²) >= 11 is 0. The molecule has 1 atom stereocenters. The van der Waals surface area contributed by atoms with Crippen molar-refractivity contribution in [3.63, 3.8) is 0 Å². The van der Waals surface area contributed by atoms with E-state index in [1.165, 1.54) is 12.8 Å². The van der Waals surface area contributed by atoms with Crippen molar-refractivity contribution in [2.75, 3.05) is 0 Å². The number of aromatic nitrogens is 3. The Kier molecular flexibility index (Phi) is 4.27. The Morgan fingerprint density at radius 1 is 1.47 bits per heavy atom. The lowest BCUT2D eigenvalue weighted by Gasteiger charge is -2.32. The van der Waals surface area contributed by atoms with Crippen molar-refractivity contribution >= 4 is 0 Å². The standard InChI is InChI=1S/C9H15N3O.C2H6/c1-6-3-8(4-6)12-5-9(7(2)13)10-11-12;1-2/h5-8,13H,3-4H2,1-2H3;1-2H3/t6?,7-,8?;/m0./s1. The molecule has 4 heteroatoms. The number of aliphatic hydroxyl groups is 1. The molecule has 2 rings (SSSR count). The predicted octanol–water partition coefficient (Wildman–Crippen LogP) is 2.33. The molecule has 1 aliphatic carbocycles. The highest BCUT2D eigenvalue weighted by Gasteiger charge is 2.27. The zero-order valence-electron chi connectivity index (χ0n) is 10.0. The molecule has 1 N–H and O–H groups in total. The van der Waals surface area contributed by atoms with Crippen LogP contribution in [0.5, 0.6) is 0 Å². The Morgan fingerprint density at radius 2 is 2.07 bits per heavy atom. The lowest BCUT2D eigenvalue weighted by molar-refractivity contribution is 0.192. The lowest BCUT2D eigenvalue weighted by Crippen LogP contribution is -2.25. The molecular weight excluding hydrogens is 190 g/mol. The van der Waals surface area contributed by atoms with Crippen LogP contribution < -0.4 is 0 Å². The quantitative estimate of drug-likeness (QED) is 0.816. The van der Waals surface area contributed by atoms with Crippen LogP contribution in [0.25, 0.3) is 0 Å². The van der Waals surface area contributed by atoms with Gasteiger partial charge in [-0.2, -0.15) is 0 Å². The van der Waals surface area contributed by atoms with E-state index in [0.717, 1.165) is 5.92 Å². The van der Waals surface area contributed by atoms with Crippen molar-refractivity contribution in [1.29, 1.82) is 0 Å². The second-order valence-corrected chi connectivity index (χ2v) is 4.03. The Morgan fingerprint density at radius 3 is 2.47 bits per heavy atom.